The molecule has 0 aliphatic rings. The standard InChI is InChI=1S/C7H8N4O2/c1-2-4-3-8-11-5(4)9-6(12)10-7(11)13/h3H,2H2,1H3,(H2,9,10,12,13). The van der Waals surface area contributed by atoms with Gasteiger partial charge in [-0.1, -0.05) is 6.92 Å². The average molecular weight is 180 g/mol. The van der Waals surface area contributed by atoms with E-state index in [4.69, 9.17) is 0 Å². The SMILES string of the molecule is CCc1cnn2c(=O)[nH]c(=O)[nH]c12. The molecule has 13 heavy (non-hydrogen) atoms. The number of rotatable bonds is 1. The molecule has 2 heterocycles. The Morgan fingerprint density at radius 1 is 1.46 bits per heavy atom. The number of aromatic nitrogens is 4. The minimum atomic E-state index is -0.515. The number of H-pyrrole nitrogens is 2. The van der Waals surface area contributed by atoms with Crippen molar-refractivity contribution in [1.82, 2.24) is 19.6 Å². The summed E-state index contributed by atoms with van der Waals surface area (Å²) in [7, 11) is 0. The maximum absolute atomic E-state index is 11.2. The van der Waals surface area contributed by atoms with Gasteiger partial charge < -0.3 is 0 Å². The Bertz CT molecular complexity index is 547. The summed E-state index contributed by atoms with van der Waals surface area (Å²) >= 11 is 0. The number of nitrogens with one attached hydrogen (secondary N) is 2. The third kappa shape index (κ3) is 1.07. The number of nitrogens with zero attached hydrogens (tertiary/aromatic N) is 2. The maximum atomic E-state index is 11.2. The smallest absolute Gasteiger partial charge is 0.291 e. The van der Waals surface area contributed by atoms with Crippen molar-refractivity contribution >= 4 is 5.65 Å². The Morgan fingerprint density at radius 2 is 2.23 bits per heavy atom. The Labute approximate surface area is 72.2 Å². The van der Waals surface area contributed by atoms with E-state index < -0.39 is 11.4 Å². The van der Waals surface area contributed by atoms with Crippen molar-refractivity contribution in [3.8, 4) is 0 Å². The molecule has 2 aromatic rings. The van der Waals surface area contributed by atoms with E-state index in [9.17, 15) is 9.59 Å². The first-order chi connectivity index (χ1) is 6.22. The molecule has 0 atom stereocenters. The summed E-state index contributed by atoms with van der Waals surface area (Å²) in [5, 5.41) is 3.83. The number of hydrogen-bond acceptors (Lipinski definition) is 3. The van der Waals surface area contributed by atoms with Crippen LogP contribution < -0.4 is 11.4 Å². The molecule has 6 heteroatoms. The fourth-order valence-electron chi connectivity index (χ4n) is 1.22. The van der Waals surface area contributed by atoms with Gasteiger partial charge in [0, 0.05) is 5.56 Å². The highest BCUT2D eigenvalue weighted by Gasteiger charge is 2.04. The van der Waals surface area contributed by atoms with E-state index in [0.717, 1.165) is 16.5 Å². The van der Waals surface area contributed by atoms with Crippen molar-refractivity contribution in [2.45, 2.75) is 13.3 Å². The van der Waals surface area contributed by atoms with Gasteiger partial charge in [0.25, 0.3) is 0 Å². The second kappa shape index (κ2) is 2.58. The number of aromatic amines is 2. The van der Waals surface area contributed by atoms with Crippen LogP contribution in [0.4, 0.5) is 0 Å². The van der Waals surface area contributed by atoms with Crippen LogP contribution in [0.15, 0.2) is 15.8 Å². The van der Waals surface area contributed by atoms with Crippen LogP contribution in [0.25, 0.3) is 5.65 Å². The molecule has 68 valence electrons. The highest BCUT2D eigenvalue weighted by molar-refractivity contribution is 5.44. The van der Waals surface area contributed by atoms with Gasteiger partial charge in [-0.15, -0.1) is 0 Å². The van der Waals surface area contributed by atoms with Gasteiger partial charge in [0.1, 0.15) is 5.65 Å². The molecule has 6 nitrogen and oxygen atoms in total. The predicted octanol–water partition coefficient (Wildman–Crippen LogP) is -0.727. The zero-order valence-electron chi connectivity index (χ0n) is 7.00. The molecule has 0 saturated heterocycles. The fraction of sp³-hybridized carbons (Fsp3) is 0.286. The van der Waals surface area contributed by atoms with Gasteiger partial charge in [-0.05, 0) is 6.42 Å². The first-order valence-corrected chi connectivity index (χ1v) is 3.91. The molecule has 0 radical (unpaired) electrons. The van der Waals surface area contributed by atoms with Gasteiger partial charge >= 0.3 is 11.4 Å². The van der Waals surface area contributed by atoms with Crippen LogP contribution in [-0.4, -0.2) is 19.6 Å². The summed E-state index contributed by atoms with van der Waals surface area (Å²) in [6, 6.07) is 0. The summed E-state index contributed by atoms with van der Waals surface area (Å²) in [6.45, 7) is 1.93. The van der Waals surface area contributed by atoms with Crippen molar-refractivity contribution in [1.29, 1.82) is 0 Å². The van der Waals surface area contributed by atoms with Gasteiger partial charge in [-0.3, -0.25) is 9.97 Å². The number of aryl methyl sites for hydroxylation is 1. The van der Waals surface area contributed by atoms with Crippen molar-refractivity contribution in [2.75, 3.05) is 0 Å². The monoisotopic (exact) mass is 180 g/mol. The van der Waals surface area contributed by atoms with Crippen LogP contribution in [0.2, 0.25) is 0 Å². The second-order valence-corrected chi connectivity index (χ2v) is 2.67. The Kier molecular flexibility index (Phi) is 1.54. The van der Waals surface area contributed by atoms with E-state index in [1.165, 1.54) is 0 Å². The topological polar surface area (TPSA) is 83.0 Å². The van der Waals surface area contributed by atoms with Crippen molar-refractivity contribution in [3.05, 3.63) is 32.7 Å². The molecule has 0 saturated carbocycles. The fourth-order valence-corrected chi connectivity index (χ4v) is 1.22. The van der Waals surface area contributed by atoms with Crippen molar-refractivity contribution in [3.63, 3.8) is 0 Å². The van der Waals surface area contributed by atoms with Gasteiger partial charge in [-0.25, -0.2) is 9.59 Å². The van der Waals surface area contributed by atoms with Crippen LogP contribution in [0.3, 0.4) is 0 Å². The largest absolute Gasteiger partial charge is 0.352 e. The summed E-state index contributed by atoms with van der Waals surface area (Å²) in [5.74, 6) is 0. The summed E-state index contributed by atoms with van der Waals surface area (Å²) in [6.07, 6.45) is 2.30. The average Bonchev–Trinajstić information content (AvgIpc) is 2.47. The lowest BCUT2D eigenvalue weighted by molar-refractivity contribution is 0.820. The van der Waals surface area contributed by atoms with Crippen molar-refractivity contribution in [2.24, 2.45) is 0 Å². The molecule has 2 N–H and O–H groups in total. The lowest BCUT2D eigenvalue weighted by atomic mass is 10.3. The first-order valence-electron chi connectivity index (χ1n) is 3.91. The molecule has 0 amide bonds. The van der Waals surface area contributed by atoms with Gasteiger partial charge in [0.15, 0.2) is 0 Å². The number of hydrogen-bond donors (Lipinski definition) is 2. The molecule has 0 aromatic carbocycles. The predicted molar refractivity (Wildman–Crippen MR) is 45.8 cm³/mol. The van der Waals surface area contributed by atoms with Gasteiger partial charge in [0.2, 0.25) is 0 Å². The quantitative estimate of drug-likeness (QED) is 0.607. The zero-order valence-corrected chi connectivity index (χ0v) is 7.00. The summed E-state index contributed by atoms with van der Waals surface area (Å²) in [5.41, 5.74) is 0.297. The highest BCUT2D eigenvalue weighted by Crippen LogP contribution is 2.02. The summed E-state index contributed by atoms with van der Waals surface area (Å²) in [4.78, 5) is 26.7. The second-order valence-electron chi connectivity index (χ2n) is 2.67. The Morgan fingerprint density at radius 3 is 2.92 bits per heavy atom. The minimum Gasteiger partial charge on any atom is -0.291 e. The van der Waals surface area contributed by atoms with Crippen LogP contribution in [0.5, 0.6) is 0 Å². The van der Waals surface area contributed by atoms with Crippen LogP contribution >= 0.6 is 0 Å². The third-order valence-corrected chi connectivity index (χ3v) is 1.87. The van der Waals surface area contributed by atoms with Crippen LogP contribution in [0, 0.1) is 0 Å². The van der Waals surface area contributed by atoms with E-state index in [1.54, 1.807) is 6.20 Å². The lowest BCUT2D eigenvalue weighted by Gasteiger charge is -1.92. The zero-order chi connectivity index (χ0) is 9.42. The first kappa shape index (κ1) is 7.78. The molecule has 0 aliphatic heterocycles. The molecule has 0 unspecified atom stereocenters. The summed E-state index contributed by atoms with van der Waals surface area (Å²) < 4.78 is 1.14. The van der Waals surface area contributed by atoms with Gasteiger partial charge in [0.05, 0.1) is 6.20 Å². The molecule has 0 aliphatic carbocycles. The molecule has 2 aromatic heterocycles. The molecular formula is C7H8N4O2. The molecule has 0 bridgehead atoms. The van der Waals surface area contributed by atoms with E-state index in [2.05, 4.69) is 15.1 Å². The van der Waals surface area contributed by atoms with Crippen LogP contribution in [-0.2, 0) is 6.42 Å². The minimum absolute atomic E-state index is 0.469. The van der Waals surface area contributed by atoms with Crippen molar-refractivity contribution < 1.29 is 0 Å². The van der Waals surface area contributed by atoms with E-state index in [1.807, 2.05) is 6.92 Å². The Hall–Kier alpha value is -1.85. The van der Waals surface area contributed by atoms with E-state index in [-0.39, 0.29) is 0 Å². The molecule has 0 fully saturated rings. The lowest BCUT2D eigenvalue weighted by Crippen LogP contribution is -2.28. The number of fused-ring (bicyclic) bond motifs is 1. The van der Waals surface area contributed by atoms with E-state index in [0.29, 0.717) is 5.65 Å². The van der Waals surface area contributed by atoms with Crippen LogP contribution in [0.1, 0.15) is 12.5 Å². The normalized spacial score (nSPS) is 10.8. The highest BCUT2D eigenvalue weighted by atomic mass is 16.2. The maximum Gasteiger partial charge on any atom is 0.352 e. The molecular weight excluding hydrogens is 172 g/mol. The third-order valence-electron chi connectivity index (χ3n) is 1.87. The van der Waals surface area contributed by atoms with E-state index >= 15 is 0 Å². The van der Waals surface area contributed by atoms with Gasteiger partial charge in [-0.2, -0.15) is 9.61 Å². The molecule has 2 rings (SSSR count). The molecule has 0 spiro atoms. The Balaban J connectivity index is 2.98.